The lowest BCUT2D eigenvalue weighted by molar-refractivity contribution is 0.119. The summed E-state index contributed by atoms with van der Waals surface area (Å²) in [4.78, 5) is 10.9. The van der Waals surface area contributed by atoms with E-state index in [2.05, 4.69) is 10.6 Å². The number of hydrogen-bond donors (Lipinski definition) is 5. The van der Waals surface area contributed by atoms with Gasteiger partial charge in [0.2, 0.25) is 0 Å². The number of phenolic OH excluding ortho intramolecular Hbond substituents is 1. The first-order valence-electron chi connectivity index (χ1n) is 5.81. The number of carbonyl (C=O) groups excluding carboxylic acids is 1. The smallest absolute Gasteiger partial charge is 0.316 e. The van der Waals surface area contributed by atoms with Crippen LogP contribution in [0, 0.1) is 0 Å². The molecule has 1 aromatic rings. The summed E-state index contributed by atoms with van der Waals surface area (Å²) in [6.45, 7) is 0. The van der Waals surface area contributed by atoms with Gasteiger partial charge < -0.3 is 26.6 Å². The normalized spacial score (nSPS) is 21.2. The summed E-state index contributed by atoms with van der Waals surface area (Å²) in [6, 6.07) is 2.36. The molecule has 0 radical (unpaired) electrons. The highest BCUT2D eigenvalue weighted by molar-refractivity contribution is 5.91. The van der Waals surface area contributed by atoms with E-state index in [0.29, 0.717) is 17.7 Å². The number of urea groups is 1. The Hall–Kier alpha value is -1.50. The van der Waals surface area contributed by atoms with E-state index >= 15 is 0 Å². The lowest BCUT2D eigenvalue weighted by atomic mass is 9.84. The van der Waals surface area contributed by atoms with E-state index in [4.69, 9.17) is 5.73 Å². The number of rotatable bonds is 2. The third-order valence-electron chi connectivity index (χ3n) is 3.35. The fourth-order valence-corrected chi connectivity index (χ4v) is 2.44. The van der Waals surface area contributed by atoms with Crippen molar-refractivity contribution in [3.05, 3.63) is 23.3 Å². The Morgan fingerprint density at radius 2 is 2.16 bits per heavy atom. The van der Waals surface area contributed by atoms with Crippen LogP contribution in [-0.2, 0) is 6.42 Å². The van der Waals surface area contributed by atoms with Crippen molar-refractivity contribution in [3.8, 4) is 5.75 Å². The van der Waals surface area contributed by atoms with E-state index in [9.17, 15) is 15.0 Å². The SMILES string of the molecule is CN[C@H]1CCc2c(ccc(O)c2NC(N)=O)[C@@H]1O.Cl. The molecule has 19 heavy (non-hydrogen) atoms. The van der Waals surface area contributed by atoms with Gasteiger partial charge >= 0.3 is 6.03 Å². The number of halogens is 1. The van der Waals surface area contributed by atoms with Gasteiger partial charge in [-0.25, -0.2) is 4.79 Å². The number of fused-ring (bicyclic) bond motifs is 1. The first-order valence-corrected chi connectivity index (χ1v) is 5.81. The van der Waals surface area contributed by atoms with Crippen LogP contribution in [0.25, 0.3) is 0 Å². The highest BCUT2D eigenvalue weighted by atomic mass is 35.5. The molecule has 106 valence electrons. The Kier molecular flexibility index (Phi) is 4.99. The van der Waals surface area contributed by atoms with Crippen LogP contribution in [0.15, 0.2) is 12.1 Å². The molecule has 1 aliphatic carbocycles. The summed E-state index contributed by atoms with van der Waals surface area (Å²) in [5, 5.41) is 25.4. The number of amides is 2. The van der Waals surface area contributed by atoms with Gasteiger partial charge in [0.25, 0.3) is 0 Å². The van der Waals surface area contributed by atoms with E-state index in [1.54, 1.807) is 13.1 Å². The number of nitrogens with one attached hydrogen (secondary N) is 2. The van der Waals surface area contributed by atoms with Gasteiger partial charge in [-0.15, -0.1) is 12.4 Å². The zero-order chi connectivity index (χ0) is 13.3. The molecule has 0 aromatic heterocycles. The van der Waals surface area contributed by atoms with Crippen LogP contribution in [0.1, 0.15) is 23.7 Å². The van der Waals surface area contributed by atoms with Gasteiger partial charge in [-0.05, 0) is 37.1 Å². The molecule has 0 bridgehead atoms. The van der Waals surface area contributed by atoms with Crippen molar-refractivity contribution in [2.45, 2.75) is 25.0 Å². The highest BCUT2D eigenvalue weighted by Gasteiger charge is 2.29. The highest BCUT2D eigenvalue weighted by Crippen LogP contribution is 2.38. The molecule has 0 fully saturated rings. The second-order valence-electron chi connectivity index (χ2n) is 4.40. The molecule has 0 saturated carbocycles. The number of primary amides is 1. The van der Waals surface area contributed by atoms with Gasteiger partial charge in [0.1, 0.15) is 5.75 Å². The quantitative estimate of drug-likeness (QED) is 0.520. The summed E-state index contributed by atoms with van der Waals surface area (Å²) in [6.07, 6.45) is 0.719. The van der Waals surface area contributed by atoms with Gasteiger partial charge in [-0.1, -0.05) is 6.07 Å². The van der Waals surface area contributed by atoms with Gasteiger partial charge in [-0.2, -0.15) is 0 Å². The van der Waals surface area contributed by atoms with Crippen molar-refractivity contribution in [1.82, 2.24) is 5.32 Å². The van der Waals surface area contributed by atoms with Gasteiger partial charge in [0, 0.05) is 6.04 Å². The van der Waals surface area contributed by atoms with Crippen molar-refractivity contribution in [2.75, 3.05) is 12.4 Å². The maximum atomic E-state index is 10.9. The summed E-state index contributed by atoms with van der Waals surface area (Å²) in [5.74, 6) is -0.0392. The number of hydrogen-bond acceptors (Lipinski definition) is 4. The molecular formula is C12H18ClN3O3. The number of nitrogens with two attached hydrogens (primary N) is 1. The molecule has 0 spiro atoms. The van der Waals surface area contributed by atoms with Crippen molar-refractivity contribution in [1.29, 1.82) is 0 Å². The van der Waals surface area contributed by atoms with Crippen molar-refractivity contribution in [3.63, 3.8) is 0 Å². The predicted molar refractivity (Wildman–Crippen MR) is 74.7 cm³/mol. The summed E-state index contributed by atoms with van der Waals surface area (Å²) >= 11 is 0. The minimum absolute atomic E-state index is 0. The fraction of sp³-hybridized carbons (Fsp3) is 0.417. The number of aliphatic hydroxyl groups is 1. The largest absolute Gasteiger partial charge is 0.506 e. The number of aliphatic hydroxyl groups excluding tert-OH is 1. The minimum atomic E-state index is -0.732. The Balaban J connectivity index is 0.00000180. The molecule has 1 aliphatic rings. The number of benzene rings is 1. The molecule has 7 heteroatoms. The molecule has 1 aromatic carbocycles. The average Bonchev–Trinajstić information content (AvgIpc) is 2.33. The van der Waals surface area contributed by atoms with Crippen molar-refractivity contribution < 1.29 is 15.0 Å². The summed E-state index contributed by atoms with van der Waals surface area (Å²) in [5.41, 5.74) is 6.83. The number of aromatic hydroxyl groups is 1. The van der Waals surface area contributed by atoms with E-state index < -0.39 is 12.1 Å². The molecule has 2 amide bonds. The second kappa shape index (κ2) is 6.10. The number of phenols is 1. The van der Waals surface area contributed by atoms with Crippen LogP contribution in [0.5, 0.6) is 5.75 Å². The van der Waals surface area contributed by atoms with Gasteiger partial charge in [-0.3, -0.25) is 0 Å². The zero-order valence-electron chi connectivity index (χ0n) is 10.5. The van der Waals surface area contributed by atoms with Crippen LogP contribution in [0.3, 0.4) is 0 Å². The maximum absolute atomic E-state index is 10.9. The van der Waals surface area contributed by atoms with Crippen LogP contribution in [0.2, 0.25) is 0 Å². The van der Waals surface area contributed by atoms with Crippen molar-refractivity contribution in [2.24, 2.45) is 5.73 Å². The van der Waals surface area contributed by atoms with E-state index in [0.717, 1.165) is 12.0 Å². The minimum Gasteiger partial charge on any atom is -0.506 e. The molecular weight excluding hydrogens is 270 g/mol. The van der Waals surface area contributed by atoms with Crippen molar-refractivity contribution >= 4 is 24.1 Å². The standard InChI is InChI=1S/C12H17N3O3.ClH/c1-14-8-4-2-6-7(11(8)17)3-5-9(16)10(6)15-12(13)18;/h3,5,8,11,14,16-17H,2,4H2,1H3,(H3,13,15,18);1H/t8-,11-;/m0./s1. The number of likely N-dealkylation sites (N-methyl/N-ethyl adjacent to an activating group) is 1. The summed E-state index contributed by atoms with van der Waals surface area (Å²) < 4.78 is 0. The van der Waals surface area contributed by atoms with Gasteiger partial charge in [0.15, 0.2) is 0 Å². The van der Waals surface area contributed by atoms with E-state index in [1.807, 2.05) is 0 Å². The van der Waals surface area contributed by atoms with Gasteiger partial charge in [0.05, 0.1) is 11.8 Å². The molecule has 2 rings (SSSR count). The van der Waals surface area contributed by atoms with Crippen LogP contribution in [-0.4, -0.2) is 29.3 Å². The molecule has 0 unspecified atom stereocenters. The Morgan fingerprint density at radius 1 is 1.47 bits per heavy atom. The number of anilines is 1. The van der Waals surface area contributed by atoms with Crippen LogP contribution in [0.4, 0.5) is 10.5 Å². The average molecular weight is 288 g/mol. The third kappa shape index (κ3) is 2.91. The lowest BCUT2D eigenvalue weighted by Crippen LogP contribution is -2.36. The molecule has 0 saturated heterocycles. The molecule has 0 heterocycles. The molecule has 6 N–H and O–H groups in total. The molecule has 0 aliphatic heterocycles. The summed E-state index contributed by atoms with van der Waals surface area (Å²) in [7, 11) is 1.79. The van der Waals surface area contributed by atoms with Crippen LogP contribution < -0.4 is 16.4 Å². The Bertz CT molecular complexity index is 482. The van der Waals surface area contributed by atoms with Crippen LogP contribution >= 0.6 is 12.4 Å². The Morgan fingerprint density at radius 3 is 2.74 bits per heavy atom. The molecule has 2 atom stereocenters. The third-order valence-corrected chi connectivity index (χ3v) is 3.35. The Labute approximate surface area is 117 Å². The molecule has 6 nitrogen and oxygen atoms in total. The van der Waals surface area contributed by atoms with E-state index in [-0.39, 0.29) is 24.2 Å². The zero-order valence-corrected chi connectivity index (χ0v) is 11.3. The first-order chi connectivity index (χ1) is 8.54. The fourth-order valence-electron chi connectivity index (χ4n) is 2.44. The van der Waals surface area contributed by atoms with E-state index in [1.165, 1.54) is 6.07 Å². The topological polar surface area (TPSA) is 108 Å². The maximum Gasteiger partial charge on any atom is 0.316 e. The number of carbonyl (C=O) groups is 1. The lowest BCUT2D eigenvalue weighted by Gasteiger charge is -2.31. The monoisotopic (exact) mass is 287 g/mol. The predicted octanol–water partition coefficient (Wildman–Crippen LogP) is 0.872. The first kappa shape index (κ1) is 15.6. The second-order valence-corrected chi connectivity index (χ2v) is 4.40.